The normalized spacial score (nSPS) is 12.9. The molecule has 70 valence electrons. The first-order valence-corrected chi connectivity index (χ1v) is 4.94. The van der Waals surface area contributed by atoms with Crippen molar-refractivity contribution in [1.82, 2.24) is 14.5 Å². The predicted molar refractivity (Wildman–Crippen MR) is 53.8 cm³/mol. The number of aromatic nitrogens is 3. The number of rotatable bonds is 0. The number of fused-ring (bicyclic) bond motifs is 3. The van der Waals surface area contributed by atoms with Gasteiger partial charge in [0.15, 0.2) is 6.73 Å². The zero-order valence-electron chi connectivity index (χ0n) is 7.14. The van der Waals surface area contributed by atoms with Gasteiger partial charge in [-0.1, -0.05) is 0 Å². The summed E-state index contributed by atoms with van der Waals surface area (Å²) in [5.41, 5.74) is 0.920. The summed E-state index contributed by atoms with van der Waals surface area (Å²) in [6.07, 6.45) is 5.35. The number of halogens is 1. The Balaban J connectivity index is 2.34. The van der Waals surface area contributed by atoms with Gasteiger partial charge in [-0.3, -0.25) is 4.57 Å². The van der Waals surface area contributed by atoms with Crippen LogP contribution in [-0.2, 0) is 6.73 Å². The van der Waals surface area contributed by atoms with Gasteiger partial charge in [0, 0.05) is 23.1 Å². The van der Waals surface area contributed by atoms with E-state index < -0.39 is 0 Å². The molecule has 2 aromatic rings. The van der Waals surface area contributed by atoms with Gasteiger partial charge in [0.2, 0.25) is 5.88 Å². The fraction of sp³-hybridized carbons (Fsp3) is 0.111. The molecule has 0 aromatic carbocycles. The molecular weight excluding hydrogens is 246 g/mol. The average Bonchev–Trinajstić information content (AvgIpc) is 2.65. The summed E-state index contributed by atoms with van der Waals surface area (Å²) in [7, 11) is 0. The quantitative estimate of drug-likeness (QED) is 0.720. The van der Waals surface area contributed by atoms with Crippen molar-refractivity contribution in [1.29, 1.82) is 0 Å². The van der Waals surface area contributed by atoms with Crippen LogP contribution < -0.4 is 4.74 Å². The van der Waals surface area contributed by atoms with Crippen LogP contribution in [-0.4, -0.2) is 14.5 Å². The van der Waals surface area contributed by atoms with Gasteiger partial charge in [0.25, 0.3) is 0 Å². The molecule has 0 radical (unpaired) electrons. The second-order valence-corrected chi connectivity index (χ2v) is 3.82. The van der Waals surface area contributed by atoms with Crippen LogP contribution >= 0.6 is 15.9 Å². The molecule has 2 aromatic heterocycles. The first-order valence-electron chi connectivity index (χ1n) is 4.15. The lowest BCUT2D eigenvalue weighted by atomic mass is 10.2. The van der Waals surface area contributed by atoms with E-state index in [1.807, 2.05) is 16.8 Å². The van der Waals surface area contributed by atoms with E-state index in [4.69, 9.17) is 4.74 Å². The number of ether oxygens (including phenoxy) is 1. The van der Waals surface area contributed by atoms with Crippen LogP contribution in [0.3, 0.4) is 0 Å². The van der Waals surface area contributed by atoms with Crippen molar-refractivity contribution in [3.05, 3.63) is 29.1 Å². The minimum absolute atomic E-state index is 0.478. The summed E-state index contributed by atoms with van der Waals surface area (Å²) >= 11 is 3.46. The maximum absolute atomic E-state index is 5.47. The number of imidazole rings is 1. The minimum atomic E-state index is 0.478. The Morgan fingerprint density at radius 2 is 2.29 bits per heavy atom. The second-order valence-electron chi connectivity index (χ2n) is 2.97. The van der Waals surface area contributed by atoms with Gasteiger partial charge in [-0.2, -0.15) is 0 Å². The third-order valence-corrected chi connectivity index (χ3v) is 2.81. The van der Waals surface area contributed by atoms with Crippen molar-refractivity contribution >= 4 is 15.9 Å². The summed E-state index contributed by atoms with van der Waals surface area (Å²) < 4.78 is 8.36. The first kappa shape index (κ1) is 7.99. The molecule has 0 saturated heterocycles. The molecule has 0 atom stereocenters. The molecule has 0 amide bonds. The molecule has 4 nitrogen and oxygen atoms in total. The fourth-order valence-corrected chi connectivity index (χ4v) is 1.97. The summed E-state index contributed by atoms with van der Waals surface area (Å²) in [6, 6.07) is 1.88. The highest BCUT2D eigenvalue weighted by Crippen LogP contribution is 2.36. The van der Waals surface area contributed by atoms with Crippen LogP contribution in [0.2, 0.25) is 0 Å². The van der Waals surface area contributed by atoms with Crippen molar-refractivity contribution in [3.8, 4) is 17.3 Å². The Bertz CT molecular complexity index is 495. The first-order chi connectivity index (χ1) is 6.86. The molecule has 0 aliphatic carbocycles. The summed E-state index contributed by atoms with van der Waals surface area (Å²) in [4.78, 5) is 8.42. The van der Waals surface area contributed by atoms with Gasteiger partial charge >= 0.3 is 0 Å². The van der Waals surface area contributed by atoms with E-state index in [0.29, 0.717) is 12.6 Å². The molecule has 1 aliphatic heterocycles. The van der Waals surface area contributed by atoms with Crippen molar-refractivity contribution < 1.29 is 4.74 Å². The van der Waals surface area contributed by atoms with Gasteiger partial charge in [0.05, 0.1) is 5.56 Å². The molecule has 0 fully saturated rings. The highest BCUT2D eigenvalue weighted by atomic mass is 79.9. The van der Waals surface area contributed by atoms with Gasteiger partial charge in [0.1, 0.15) is 5.82 Å². The number of hydrogen-bond acceptors (Lipinski definition) is 3. The molecular formula is C9H6BrN3O. The highest BCUT2D eigenvalue weighted by Gasteiger charge is 2.21. The number of nitrogens with zero attached hydrogens (tertiary/aromatic N) is 3. The lowest BCUT2D eigenvalue weighted by Gasteiger charge is -2.18. The molecule has 14 heavy (non-hydrogen) atoms. The van der Waals surface area contributed by atoms with E-state index >= 15 is 0 Å². The number of pyridine rings is 1. The molecule has 0 spiro atoms. The number of hydrogen-bond donors (Lipinski definition) is 0. The van der Waals surface area contributed by atoms with Crippen molar-refractivity contribution in [2.45, 2.75) is 6.73 Å². The second kappa shape index (κ2) is 2.81. The van der Waals surface area contributed by atoms with Gasteiger partial charge in [-0.25, -0.2) is 9.97 Å². The van der Waals surface area contributed by atoms with E-state index in [1.54, 1.807) is 12.4 Å². The summed E-state index contributed by atoms with van der Waals surface area (Å²) in [5.74, 6) is 1.53. The Morgan fingerprint density at radius 1 is 1.36 bits per heavy atom. The van der Waals surface area contributed by atoms with Crippen LogP contribution in [0.5, 0.6) is 5.88 Å². The van der Waals surface area contributed by atoms with Crippen LogP contribution in [0.4, 0.5) is 0 Å². The maximum atomic E-state index is 5.47. The van der Waals surface area contributed by atoms with Crippen LogP contribution in [0.1, 0.15) is 0 Å². The molecule has 0 saturated carbocycles. The zero-order valence-corrected chi connectivity index (χ0v) is 8.73. The Hall–Kier alpha value is -1.36. The van der Waals surface area contributed by atoms with E-state index in [9.17, 15) is 0 Å². The lowest BCUT2D eigenvalue weighted by molar-refractivity contribution is 0.220. The van der Waals surface area contributed by atoms with Crippen molar-refractivity contribution in [2.24, 2.45) is 0 Å². The highest BCUT2D eigenvalue weighted by molar-refractivity contribution is 9.10. The third kappa shape index (κ3) is 0.988. The van der Waals surface area contributed by atoms with Crippen molar-refractivity contribution in [2.75, 3.05) is 0 Å². The monoisotopic (exact) mass is 251 g/mol. The standard InChI is InChI=1S/C9H6BrN3O/c10-6-1-2-12-9-7(6)8-11-3-4-13(8)5-14-9/h1-4H,5H2. The molecule has 3 heterocycles. The predicted octanol–water partition coefficient (Wildman–Crippen LogP) is 2.06. The van der Waals surface area contributed by atoms with E-state index in [0.717, 1.165) is 15.9 Å². The third-order valence-electron chi connectivity index (χ3n) is 2.14. The maximum Gasteiger partial charge on any atom is 0.227 e. The average molecular weight is 252 g/mol. The Kier molecular flexibility index (Phi) is 1.61. The SMILES string of the molecule is Brc1ccnc2c1-c1nccn1CO2. The molecule has 5 heteroatoms. The minimum Gasteiger partial charge on any atom is -0.455 e. The van der Waals surface area contributed by atoms with E-state index in [2.05, 4.69) is 25.9 Å². The Labute approximate surface area is 88.7 Å². The largest absolute Gasteiger partial charge is 0.455 e. The molecule has 0 N–H and O–H groups in total. The smallest absolute Gasteiger partial charge is 0.227 e. The van der Waals surface area contributed by atoms with Gasteiger partial charge < -0.3 is 4.74 Å². The van der Waals surface area contributed by atoms with Crippen LogP contribution in [0.15, 0.2) is 29.1 Å². The zero-order chi connectivity index (χ0) is 9.54. The van der Waals surface area contributed by atoms with Crippen molar-refractivity contribution in [3.63, 3.8) is 0 Å². The molecule has 0 unspecified atom stereocenters. The molecule has 1 aliphatic rings. The summed E-state index contributed by atoms with van der Waals surface area (Å²) in [6.45, 7) is 0.478. The molecule has 0 bridgehead atoms. The fourth-order valence-electron chi connectivity index (χ4n) is 1.50. The van der Waals surface area contributed by atoms with E-state index in [1.165, 1.54) is 0 Å². The topological polar surface area (TPSA) is 39.9 Å². The van der Waals surface area contributed by atoms with Crippen LogP contribution in [0, 0.1) is 0 Å². The lowest BCUT2D eigenvalue weighted by Crippen LogP contribution is -2.13. The summed E-state index contributed by atoms with van der Waals surface area (Å²) in [5, 5.41) is 0. The van der Waals surface area contributed by atoms with Crippen LogP contribution in [0.25, 0.3) is 11.4 Å². The molecule has 3 rings (SSSR count). The van der Waals surface area contributed by atoms with Gasteiger partial charge in [-0.15, -0.1) is 0 Å². The van der Waals surface area contributed by atoms with Gasteiger partial charge in [-0.05, 0) is 22.0 Å². The van der Waals surface area contributed by atoms with E-state index in [-0.39, 0.29) is 0 Å². The Morgan fingerprint density at radius 3 is 3.21 bits per heavy atom.